The lowest BCUT2D eigenvalue weighted by Gasteiger charge is -2.22. The van der Waals surface area contributed by atoms with Gasteiger partial charge in [0.15, 0.2) is 0 Å². The molecule has 0 spiro atoms. The van der Waals surface area contributed by atoms with Gasteiger partial charge in [-0.3, -0.25) is 4.79 Å². The van der Waals surface area contributed by atoms with Crippen molar-refractivity contribution < 1.29 is 15.0 Å². The Morgan fingerprint density at radius 3 is 2.54 bits per heavy atom. The Hall–Kier alpha value is -2.38. The Bertz CT molecular complexity index is 1130. The number of alkyl halides is 1. The minimum Gasteiger partial charge on any atom is -0.391 e. The van der Waals surface area contributed by atoms with Gasteiger partial charge in [0.2, 0.25) is 5.91 Å². The quantitative estimate of drug-likeness (QED) is 0.214. The normalized spacial score (nSPS) is 15.9. The molecule has 3 N–H and O–H groups in total. The fourth-order valence-corrected chi connectivity index (χ4v) is 5.12. The second-order valence-electron chi connectivity index (χ2n) is 8.44. The molecule has 184 valence electrons. The zero-order valence-corrected chi connectivity index (χ0v) is 22.5. The van der Waals surface area contributed by atoms with E-state index in [1.807, 2.05) is 29.2 Å². The highest BCUT2D eigenvalue weighted by atomic mass is 127. The van der Waals surface area contributed by atoms with E-state index in [1.54, 1.807) is 0 Å². The molecule has 1 aliphatic rings. The lowest BCUT2D eigenvalue weighted by Crippen LogP contribution is -2.25. The minimum atomic E-state index is -0.537. The summed E-state index contributed by atoms with van der Waals surface area (Å²) < 4.78 is 0.396. The van der Waals surface area contributed by atoms with Gasteiger partial charge < -0.3 is 20.4 Å². The van der Waals surface area contributed by atoms with Crippen molar-refractivity contribution in [2.24, 2.45) is 0 Å². The Morgan fingerprint density at radius 1 is 1.29 bits per heavy atom. The van der Waals surface area contributed by atoms with E-state index in [0.29, 0.717) is 64.1 Å². The number of amides is 1. The molecule has 2 atom stereocenters. The highest BCUT2D eigenvalue weighted by molar-refractivity contribution is 14.1. The molecule has 1 aliphatic heterocycles. The Kier molecular flexibility index (Phi) is 10.2. The molecule has 2 aromatic rings. The lowest BCUT2D eigenvalue weighted by atomic mass is 9.99. The van der Waals surface area contributed by atoms with Crippen LogP contribution in [0, 0.1) is 22.7 Å². The van der Waals surface area contributed by atoms with Crippen molar-refractivity contribution in [1.82, 2.24) is 10.3 Å². The number of nitrogens with one attached hydrogen (secondary N) is 1. The van der Waals surface area contributed by atoms with E-state index in [-0.39, 0.29) is 0 Å². The van der Waals surface area contributed by atoms with Gasteiger partial charge in [0, 0.05) is 29.3 Å². The first kappa shape index (κ1) is 27.2. The molecule has 35 heavy (non-hydrogen) atoms. The third-order valence-corrected chi connectivity index (χ3v) is 7.43. The SMILES string of the molecule is C[C@@H](I)CCc1c(C#N)c(SCc2ccc(CNC(=O)CO)cc2)nc(N2CCC(O)C2)c1C#N. The zero-order valence-electron chi connectivity index (χ0n) is 19.5. The van der Waals surface area contributed by atoms with Crippen LogP contribution in [-0.4, -0.2) is 50.8 Å². The lowest BCUT2D eigenvalue weighted by molar-refractivity contribution is -0.123. The summed E-state index contributed by atoms with van der Waals surface area (Å²) in [6.45, 7) is 2.95. The summed E-state index contributed by atoms with van der Waals surface area (Å²) in [6.07, 6.45) is 1.63. The van der Waals surface area contributed by atoms with Gasteiger partial charge >= 0.3 is 0 Å². The van der Waals surface area contributed by atoms with Crippen LogP contribution in [0.25, 0.3) is 0 Å². The number of halogens is 1. The van der Waals surface area contributed by atoms with Crippen molar-refractivity contribution in [1.29, 1.82) is 10.5 Å². The van der Waals surface area contributed by atoms with Crippen molar-refractivity contribution in [3.8, 4) is 12.1 Å². The number of pyridine rings is 1. The molecule has 1 unspecified atom stereocenters. The summed E-state index contributed by atoms with van der Waals surface area (Å²) in [5, 5.41) is 42.1. The van der Waals surface area contributed by atoms with Gasteiger partial charge in [0.1, 0.15) is 29.6 Å². The molecular formula is C25H28IN5O3S. The fraction of sp³-hybridized carbons (Fsp3) is 0.440. The van der Waals surface area contributed by atoms with Crippen molar-refractivity contribution in [2.75, 3.05) is 24.6 Å². The molecule has 1 amide bonds. The largest absolute Gasteiger partial charge is 0.391 e. The molecule has 0 bridgehead atoms. The molecule has 10 heteroatoms. The van der Waals surface area contributed by atoms with Crippen molar-refractivity contribution in [2.45, 2.75) is 53.5 Å². The molecule has 3 rings (SSSR count). The Balaban J connectivity index is 1.87. The van der Waals surface area contributed by atoms with Crippen LogP contribution < -0.4 is 10.2 Å². The second kappa shape index (κ2) is 13.1. The number of aliphatic hydroxyl groups is 2. The first-order chi connectivity index (χ1) is 16.9. The van der Waals surface area contributed by atoms with E-state index in [0.717, 1.165) is 23.1 Å². The maximum absolute atomic E-state index is 11.2. The van der Waals surface area contributed by atoms with Crippen LogP contribution in [0.1, 0.15) is 47.6 Å². The van der Waals surface area contributed by atoms with Gasteiger partial charge in [-0.25, -0.2) is 4.98 Å². The number of rotatable bonds is 10. The molecule has 2 heterocycles. The number of β-amino-alcohol motifs (C(OH)–C–C–N with tert-alkyl or cyclic N) is 1. The van der Waals surface area contributed by atoms with E-state index >= 15 is 0 Å². The molecular weight excluding hydrogens is 577 g/mol. The molecule has 1 saturated heterocycles. The molecule has 0 aliphatic carbocycles. The highest BCUT2D eigenvalue weighted by Gasteiger charge is 2.28. The molecule has 0 saturated carbocycles. The number of nitriles is 2. The minimum absolute atomic E-state index is 0.339. The number of anilines is 1. The first-order valence-corrected chi connectivity index (χ1v) is 13.6. The van der Waals surface area contributed by atoms with Crippen molar-refractivity contribution in [3.63, 3.8) is 0 Å². The maximum atomic E-state index is 11.2. The standard InChI is InChI=1S/C25H28IN5O3S/c1-16(26)2-7-20-21(10-27)24(31-9-8-19(33)13-31)30-25(22(20)11-28)35-15-18-5-3-17(4-6-18)12-29-23(34)14-32/h3-6,16,19,32-33H,2,7-9,12-15H2,1H3,(H,29,34)/t16-,19?/m1/s1. The molecule has 0 radical (unpaired) electrons. The number of nitrogens with zero attached hydrogens (tertiary/aromatic N) is 4. The number of thioether (sulfide) groups is 1. The maximum Gasteiger partial charge on any atom is 0.245 e. The predicted octanol–water partition coefficient (Wildman–Crippen LogP) is 3.05. The van der Waals surface area contributed by atoms with Gasteiger partial charge in [-0.2, -0.15) is 10.5 Å². The van der Waals surface area contributed by atoms with Crippen LogP contribution in [0.15, 0.2) is 29.3 Å². The number of carbonyl (C=O) groups is 1. The molecule has 8 nitrogen and oxygen atoms in total. The average molecular weight is 606 g/mol. The van der Waals surface area contributed by atoms with Crippen molar-refractivity contribution >= 4 is 46.1 Å². The summed E-state index contributed by atoms with van der Waals surface area (Å²) in [4.78, 5) is 17.9. The summed E-state index contributed by atoms with van der Waals surface area (Å²) in [5.74, 6) is 0.715. The fourth-order valence-electron chi connectivity index (χ4n) is 3.85. The van der Waals surface area contributed by atoms with Gasteiger partial charge in [-0.15, -0.1) is 11.8 Å². The smallest absolute Gasteiger partial charge is 0.245 e. The number of carbonyl (C=O) groups excluding carboxylic acids is 1. The number of aromatic nitrogens is 1. The van der Waals surface area contributed by atoms with Crippen LogP contribution >= 0.6 is 34.4 Å². The highest BCUT2D eigenvalue weighted by Crippen LogP contribution is 2.35. The van der Waals surface area contributed by atoms with Crippen LogP contribution in [0.3, 0.4) is 0 Å². The van der Waals surface area contributed by atoms with E-state index < -0.39 is 18.6 Å². The van der Waals surface area contributed by atoms with Crippen LogP contribution in [0.5, 0.6) is 0 Å². The number of benzene rings is 1. The predicted molar refractivity (Wildman–Crippen MR) is 143 cm³/mol. The topological polar surface area (TPSA) is 133 Å². The van der Waals surface area contributed by atoms with E-state index in [4.69, 9.17) is 10.1 Å². The molecule has 1 fully saturated rings. The van der Waals surface area contributed by atoms with E-state index in [2.05, 4.69) is 47.0 Å². The number of aliphatic hydroxyl groups excluding tert-OH is 2. The van der Waals surface area contributed by atoms with E-state index in [9.17, 15) is 20.4 Å². The summed E-state index contributed by atoms with van der Waals surface area (Å²) in [7, 11) is 0. The van der Waals surface area contributed by atoms with Gasteiger partial charge in [-0.1, -0.05) is 53.8 Å². The Labute approximate surface area is 223 Å². The van der Waals surface area contributed by atoms with Crippen LogP contribution in [-0.2, 0) is 23.5 Å². The van der Waals surface area contributed by atoms with Gasteiger partial charge in [0.25, 0.3) is 0 Å². The second-order valence-corrected chi connectivity index (χ2v) is 11.5. The number of hydrogen-bond donors (Lipinski definition) is 3. The zero-order chi connectivity index (χ0) is 25.4. The third kappa shape index (κ3) is 7.31. The van der Waals surface area contributed by atoms with E-state index in [1.165, 1.54) is 11.8 Å². The monoisotopic (exact) mass is 605 g/mol. The van der Waals surface area contributed by atoms with Gasteiger partial charge in [-0.05, 0) is 36.0 Å². The molecule has 1 aromatic carbocycles. The summed E-state index contributed by atoms with van der Waals surface area (Å²) in [6, 6.07) is 12.3. The number of hydrogen-bond acceptors (Lipinski definition) is 8. The summed E-state index contributed by atoms with van der Waals surface area (Å²) in [5.41, 5.74) is 3.58. The molecule has 1 aromatic heterocycles. The van der Waals surface area contributed by atoms with Crippen LogP contribution in [0.2, 0.25) is 0 Å². The average Bonchev–Trinajstić information content (AvgIpc) is 3.30. The van der Waals surface area contributed by atoms with Crippen molar-refractivity contribution in [3.05, 3.63) is 52.1 Å². The summed E-state index contributed by atoms with van der Waals surface area (Å²) >= 11 is 3.80. The third-order valence-electron chi connectivity index (χ3n) is 5.76. The Morgan fingerprint density at radius 2 is 1.97 bits per heavy atom. The van der Waals surface area contributed by atoms with Crippen LogP contribution in [0.4, 0.5) is 5.82 Å². The first-order valence-electron chi connectivity index (χ1n) is 11.4. The van der Waals surface area contributed by atoms with Gasteiger partial charge in [0.05, 0.1) is 17.2 Å².